The van der Waals surface area contributed by atoms with Crippen LogP contribution < -0.4 is 9.47 Å². The van der Waals surface area contributed by atoms with E-state index in [2.05, 4.69) is 4.74 Å². The third-order valence-electron chi connectivity index (χ3n) is 3.74. The van der Waals surface area contributed by atoms with Crippen molar-refractivity contribution in [3.8, 4) is 11.5 Å². The Labute approximate surface area is 172 Å². The van der Waals surface area contributed by atoms with Crippen LogP contribution in [-0.4, -0.2) is 47.9 Å². The van der Waals surface area contributed by atoms with Crippen molar-refractivity contribution >= 4 is 46.6 Å². The number of amides is 2. The van der Waals surface area contributed by atoms with Gasteiger partial charge in [-0.05, 0) is 63.2 Å². The van der Waals surface area contributed by atoms with E-state index in [1.165, 1.54) is 20.1 Å². The lowest BCUT2D eigenvalue weighted by Gasteiger charge is -2.18. The van der Waals surface area contributed by atoms with E-state index in [1.54, 1.807) is 12.1 Å². The van der Waals surface area contributed by atoms with Crippen LogP contribution in [0.1, 0.15) is 33.3 Å². The number of halogens is 1. The average Bonchev–Trinajstić information content (AvgIpc) is 2.90. The normalized spacial score (nSPS) is 16.7. The molecule has 1 heterocycles. The number of esters is 1. The van der Waals surface area contributed by atoms with Crippen molar-refractivity contribution in [3.05, 3.63) is 27.6 Å². The van der Waals surface area contributed by atoms with Crippen molar-refractivity contribution < 1.29 is 28.6 Å². The molecule has 0 bridgehead atoms. The molecule has 0 aromatic heterocycles. The zero-order valence-electron chi connectivity index (χ0n) is 16.3. The van der Waals surface area contributed by atoms with Crippen LogP contribution in [-0.2, 0) is 14.3 Å². The van der Waals surface area contributed by atoms with Gasteiger partial charge in [0.1, 0.15) is 6.04 Å². The molecule has 1 aliphatic heterocycles. The molecule has 0 N–H and O–H groups in total. The molecular weight excluding hydrogens is 406 g/mol. The molecule has 0 saturated carbocycles. The van der Waals surface area contributed by atoms with Gasteiger partial charge in [-0.15, -0.1) is 0 Å². The molecule has 1 aliphatic rings. The fraction of sp³-hybridized carbons (Fsp3) is 0.421. The van der Waals surface area contributed by atoms with Crippen molar-refractivity contribution in [1.29, 1.82) is 0 Å². The molecule has 1 saturated heterocycles. The Morgan fingerprint density at radius 1 is 1.29 bits per heavy atom. The predicted octanol–water partition coefficient (Wildman–Crippen LogP) is 4.12. The van der Waals surface area contributed by atoms with Crippen LogP contribution in [0.5, 0.6) is 11.5 Å². The largest absolute Gasteiger partial charge is 0.490 e. The Kier molecular flexibility index (Phi) is 7.37. The summed E-state index contributed by atoms with van der Waals surface area (Å²) in [5, 5.41) is -0.210. The molecule has 152 valence electrons. The zero-order chi connectivity index (χ0) is 21.0. The van der Waals surface area contributed by atoms with Crippen molar-refractivity contribution in [2.75, 3.05) is 13.7 Å². The van der Waals surface area contributed by atoms with Gasteiger partial charge in [-0.2, -0.15) is 0 Å². The fourth-order valence-corrected chi connectivity index (χ4v) is 3.70. The van der Waals surface area contributed by atoms with Crippen molar-refractivity contribution in [3.63, 3.8) is 0 Å². The molecule has 1 aromatic carbocycles. The van der Waals surface area contributed by atoms with Crippen LogP contribution in [0.4, 0.5) is 4.79 Å². The second kappa shape index (κ2) is 9.34. The first-order chi connectivity index (χ1) is 13.2. The smallest absolute Gasteiger partial charge is 0.328 e. The molecule has 2 amide bonds. The van der Waals surface area contributed by atoms with E-state index >= 15 is 0 Å². The number of thioether (sulfide) groups is 1. The zero-order valence-corrected chi connectivity index (χ0v) is 17.8. The number of hydrogen-bond acceptors (Lipinski definition) is 7. The van der Waals surface area contributed by atoms with Gasteiger partial charge in [-0.3, -0.25) is 14.5 Å². The first kappa shape index (κ1) is 22.1. The fourth-order valence-electron chi connectivity index (χ4n) is 2.53. The van der Waals surface area contributed by atoms with E-state index in [9.17, 15) is 14.4 Å². The van der Waals surface area contributed by atoms with Gasteiger partial charge in [-0.25, -0.2) is 4.79 Å². The number of imide groups is 1. The molecule has 9 heteroatoms. The molecule has 1 aromatic rings. The topological polar surface area (TPSA) is 82.1 Å². The molecule has 0 spiro atoms. The number of carbonyl (C=O) groups excluding carboxylic acids is 3. The third-order valence-corrected chi connectivity index (χ3v) is 4.90. The molecule has 7 nitrogen and oxygen atoms in total. The summed E-state index contributed by atoms with van der Waals surface area (Å²) >= 11 is 7.09. The Morgan fingerprint density at radius 2 is 1.96 bits per heavy atom. The van der Waals surface area contributed by atoms with Gasteiger partial charge in [0.15, 0.2) is 11.5 Å². The summed E-state index contributed by atoms with van der Waals surface area (Å²) in [4.78, 5) is 37.6. The minimum atomic E-state index is -1.01. The van der Waals surface area contributed by atoms with Crippen LogP contribution >= 0.6 is 23.4 Å². The Balaban J connectivity index is 2.38. The first-order valence-corrected chi connectivity index (χ1v) is 9.86. The van der Waals surface area contributed by atoms with Crippen LogP contribution in [0.25, 0.3) is 6.08 Å². The highest BCUT2D eigenvalue weighted by molar-refractivity contribution is 8.18. The highest BCUT2D eigenvalue weighted by Gasteiger charge is 2.41. The van der Waals surface area contributed by atoms with Gasteiger partial charge >= 0.3 is 5.97 Å². The van der Waals surface area contributed by atoms with Gasteiger partial charge in [0, 0.05) is 0 Å². The molecule has 1 atom stereocenters. The van der Waals surface area contributed by atoms with Gasteiger partial charge in [0.2, 0.25) is 0 Å². The Bertz CT molecular complexity index is 823. The summed E-state index contributed by atoms with van der Waals surface area (Å²) in [6, 6.07) is 2.30. The maximum Gasteiger partial charge on any atom is 0.328 e. The van der Waals surface area contributed by atoms with E-state index in [1.807, 2.05) is 20.8 Å². The van der Waals surface area contributed by atoms with Crippen LogP contribution in [0.15, 0.2) is 17.0 Å². The molecule has 28 heavy (non-hydrogen) atoms. The lowest BCUT2D eigenvalue weighted by atomic mass is 10.1. The van der Waals surface area contributed by atoms with Crippen LogP contribution in [0, 0.1) is 0 Å². The summed E-state index contributed by atoms with van der Waals surface area (Å²) in [6.07, 6.45) is 1.43. The number of benzene rings is 1. The minimum absolute atomic E-state index is 0.0983. The monoisotopic (exact) mass is 427 g/mol. The van der Waals surface area contributed by atoms with E-state index in [4.69, 9.17) is 21.1 Å². The average molecular weight is 428 g/mol. The highest BCUT2D eigenvalue weighted by atomic mass is 35.5. The van der Waals surface area contributed by atoms with E-state index in [-0.39, 0.29) is 11.0 Å². The standard InChI is InChI=1S/C19H22ClNO6S/c1-6-26-14-8-12(7-13(20)16(14)27-10(2)3)9-15-17(22)21(19(24)28-15)11(4)18(23)25-5/h7-11H,6H2,1-5H3/b15-9+. The maximum absolute atomic E-state index is 12.6. The number of hydrogen-bond donors (Lipinski definition) is 0. The number of nitrogens with zero attached hydrogens (tertiary/aromatic N) is 1. The van der Waals surface area contributed by atoms with Crippen molar-refractivity contribution in [1.82, 2.24) is 4.90 Å². The summed E-state index contributed by atoms with van der Waals surface area (Å²) in [6.45, 7) is 7.42. The number of ether oxygens (including phenoxy) is 3. The molecule has 1 fully saturated rings. The molecule has 1 unspecified atom stereocenters. The van der Waals surface area contributed by atoms with Crippen LogP contribution in [0.3, 0.4) is 0 Å². The lowest BCUT2D eigenvalue weighted by molar-refractivity contribution is -0.148. The van der Waals surface area contributed by atoms with Gasteiger partial charge in [-0.1, -0.05) is 11.6 Å². The van der Waals surface area contributed by atoms with Gasteiger partial charge in [0.25, 0.3) is 11.1 Å². The Morgan fingerprint density at radius 3 is 2.54 bits per heavy atom. The number of rotatable bonds is 7. The summed E-state index contributed by atoms with van der Waals surface area (Å²) in [5.74, 6) is -0.370. The quantitative estimate of drug-likeness (QED) is 0.478. The Hall–Kier alpha value is -2.19. The summed E-state index contributed by atoms with van der Waals surface area (Å²) in [5.41, 5.74) is 0.570. The van der Waals surface area contributed by atoms with E-state index in [0.29, 0.717) is 28.7 Å². The minimum Gasteiger partial charge on any atom is -0.490 e. The van der Waals surface area contributed by atoms with Gasteiger partial charge < -0.3 is 14.2 Å². The SMILES string of the molecule is CCOc1cc(/C=C2/SC(=O)N(C(C)C(=O)OC)C2=O)cc(Cl)c1OC(C)C. The van der Waals surface area contributed by atoms with Crippen molar-refractivity contribution in [2.45, 2.75) is 39.8 Å². The van der Waals surface area contributed by atoms with Gasteiger partial charge in [0.05, 0.1) is 29.7 Å². The second-order valence-corrected chi connectivity index (χ2v) is 7.58. The molecule has 0 aliphatic carbocycles. The molecule has 0 radical (unpaired) electrons. The van der Waals surface area contributed by atoms with Crippen molar-refractivity contribution in [2.24, 2.45) is 0 Å². The first-order valence-electron chi connectivity index (χ1n) is 8.67. The third kappa shape index (κ3) is 4.80. The summed E-state index contributed by atoms with van der Waals surface area (Å²) < 4.78 is 15.9. The lowest BCUT2D eigenvalue weighted by Crippen LogP contribution is -2.42. The summed E-state index contributed by atoms with van der Waals surface area (Å²) in [7, 11) is 1.20. The second-order valence-electron chi connectivity index (χ2n) is 6.18. The molecule has 2 rings (SSSR count). The highest BCUT2D eigenvalue weighted by Crippen LogP contribution is 2.40. The molecular formula is C19H22ClNO6S. The predicted molar refractivity (Wildman–Crippen MR) is 108 cm³/mol. The number of carbonyl (C=O) groups is 3. The van der Waals surface area contributed by atoms with Crippen LogP contribution in [0.2, 0.25) is 5.02 Å². The number of methoxy groups -OCH3 is 1. The van der Waals surface area contributed by atoms with E-state index < -0.39 is 23.2 Å². The maximum atomic E-state index is 12.6. The van der Waals surface area contributed by atoms with E-state index in [0.717, 1.165) is 16.7 Å².